The minimum absolute atomic E-state index is 0.0653. The highest BCUT2D eigenvalue weighted by atomic mass is 32.2. The third-order valence-electron chi connectivity index (χ3n) is 2.47. The fourth-order valence-electron chi connectivity index (χ4n) is 1.70. The van der Waals surface area contributed by atoms with Crippen LogP contribution >= 0.6 is 0 Å². The Hall–Kier alpha value is -1.13. The molecule has 2 rings (SSSR count). The first-order valence-corrected chi connectivity index (χ1v) is 9.79. The van der Waals surface area contributed by atoms with E-state index in [-0.39, 0.29) is 18.4 Å². The van der Waals surface area contributed by atoms with Gasteiger partial charge in [-0.05, 0) is 12.8 Å². The van der Waals surface area contributed by atoms with Gasteiger partial charge in [-0.2, -0.15) is 4.72 Å². The van der Waals surface area contributed by atoms with Crippen molar-refractivity contribution in [1.29, 1.82) is 0 Å². The zero-order valence-corrected chi connectivity index (χ0v) is 12.8. The molecule has 2 N–H and O–H groups in total. The van der Waals surface area contributed by atoms with Crippen LogP contribution in [0, 0.1) is 0 Å². The molecule has 1 heterocycles. The van der Waals surface area contributed by atoms with Gasteiger partial charge in [0.15, 0.2) is 0 Å². The van der Waals surface area contributed by atoms with E-state index in [0.29, 0.717) is 5.76 Å². The molecule has 1 fully saturated rings. The van der Waals surface area contributed by atoms with E-state index < -0.39 is 26.2 Å². The van der Waals surface area contributed by atoms with Crippen molar-refractivity contribution in [2.75, 3.05) is 12.5 Å². The predicted molar refractivity (Wildman–Crippen MR) is 74.0 cm³/mol. The van der Waals surface area contributed by atoms with Crippen LogP contribution in [0.4, 0.5) is 0 Å². The highest BCUT2D eigenvalue weighted by Crippen LogP contribution is 2.28. The molecule has 1 atom stereocenters. The lowest BCUT2D eigenvalue weighted by Gasteiger charge is -2.21. The monoisotopic (exact) mass is 323 g/mol. The van der Waals surface area contributed by atoms with E-state index in [4.69, 9.17) is 4.74 Å². The smallest absolute Gasteiger partial charge is 0.230 e. The minimum Gasteiger partial charge on any atom is -0.495 e. The Labute approximate surface area is 118 Å². The van der Waals surface area contributed by atoms with Gasteiger partial charge in [0.1, 0.15) is 17.8 Å². The van der Waals surface area contributed by atoms with Gasteiger partial charge in [0, 0.05) is 12.5 Å². The highest BCUT2D eigenvalue weighted by molar-refractivity contribution is 7.89. The van der Waals surface area contributed by atoms with Gasteiger partial charge in [-0.1, -0.05) is 0 Å². The summed E-state index contributed by atoms with van der Waals surface area (Å²) in [4.78, 5) is 4.01. The second-order valence-electron chi connectivity index (χ2n) is 4.93. The molecule has 8 nitrogen and oxygen atoms in total. The van der Waals surface area contributed by atoms with Crippen molar-refractivity contribution in [3.05, 3.63) is 11.8 Å². The normalized spacial score (nSPS) is 23.8. The van der Waals surface area contributed by atoms with Crippen molar-refractivity contribution < 1.29 is 21.6 Å². The average molecular weight is 323 g/mol. The lowest BCUT2D eigenvalue weighted by Crippen LogP contribution is -2.39. The topological polar surface area (TPSA) is 114 Å². The van der Waals surface area contributed by atoms with Gasteiger partial charge in [0.25, 0.3) is 0 Å². The van der Waals surface area contributed by atoms with E-state index in [2.05, 4.69) is 14.4 Å². The molecule has 0 aromatic heterocycles. The van der Waals surface area contributed by atoms with Crippen molar-refractivity contribution in [2.45, 2.75) is 31.5 Å². The van der Waals surface area contributed by atoms with Crippen LogP contribution in [-0.4, -0.2) is 47.5 Å². The van der Waals surface area contributed by atoms with Crippen LogP contribution in [0.2, 0.25) is 0 Å². The fraction of sp³-hybridized carbons (Fsp3) is 0.700. The van der Waals surface area contributed by atoms with Crippen LogP contribution in [0.15, 0.2) is 16.8 Å². The molecule has 0 radical (unpaired) electrons. The molecular formula is C10H17N3O5S2. The maximum Gasteiger partial charge on any atom is 0.230 e. The third kappa shape index (κ3) is 5.47. The first-order chi connectivity index (χ1) is 9.11. The Balaban J connectivity index is 2.16. The summed E-state index contributed by atoms with van der Waals surface area (Å²) < 4.78 is 55.1. The molecule has 1 aliphatic heterocycles. The average Bonchev–Trinajstić information content (AvgIpc) is 2.94. The number of nitrogens with zero attached hydrogens (tertiary/aromatic N) is 1. The third-order valence-corrected chi connectivity index (χ3v) is 3.75. The van der Waals surface area contributed by atoms with Gasteiger partial charge in [-0.3, -0.25) is 4.72 Å². The molecule has 1 aliphatic carbocycles. The van der Waals surface area contributed by atoms with Gasteiger partial charge in [0.2, 0.25) is 20.0 Å². The summed E-state index contributed by atoms with van der Waals surface area (Å²) in [7, 11) is -6.93. The Morgan fingerprint density at radius 2 is 1.85 bits per heavy atom. The molecule has 20 heavy (non-hydrogen) atoms. The molecular weight excluding hydrogens is 306 g/mol. The number of dihydropyridines is 1. The summed E-state index contributed by atoms with van der Waals surface area (Å²) in [6.45, 7) is 0. The van der Waals surface area contributed by atoms with E-state index in [1.165, 1.54) is 6.08 Å². The Morgan fingerprint density at radius 1 is 1.20 bits per heavy atom. The number of aliphatic imine (C=N–C) groups is 1. The lowest BCUT2D eigenvalue weighted by atomic mass is 10.2. The molecule has 0 bridgehead atoms. The summed E-state index contributed by atoms with van der Waals surface area (Å²) in [5.41, 5.74) is 0. The van der Waals surface area contributed by atoms with E-state index >= 15 is 0 Å². The number of ether oxygens (including phenoxy) is 1. The second kappa shape index (κ2) is 5.34. The summed E-state index contributed by atoms with van der Waals surface area (Å²) >= 11 is 0. The Kier molecular flexibility index (Phi) is 4.07. The number of rotatable bonds is 5. The molecule has 1 saturated carbocycles. The first-order valence-electron chi connectivity index (χ1n) is 6.01. The summed E-state index contributed by atoms with van der Waals surface area (Å²) in [6.07, 6.45) is 5.04. The van der Waals surface area contributed by atoms with Gasteiger partial charge in [-0.15, -0.1) is 0 Å². The van der Waals surface area contributed by atoms with Gasteiger partial charge in [0.05, 0.1) is 18.6 Å². The van der Waals surface area contributed by atoms with Crippen molar-refractivity contribution >= 4 is 25.9 Å². The van der Waals surface area contributed by atoms with Gasteiger partial charge < -0.3 is 4.74 Å². The largest absolute Gasteiger partial charge is 0.495 e. The lowest BCUT2D eigenvalue weighted by molar-refractivity contribution is 0.181. The molecule has 114 valence electrons. The summed E-state index contributed by atoms with van der Waals surface area (Å²) in [5.74, 6) is 0.588. The SMILES string of the molecule is CS(=O)(=O)NC1=NC(NS(C)(=O)=O)CC(OC2CC2)=C1. The zero-order chi connectivity index (χ0) is 15.0. The van der Waals surface area contributed by atoms with Crippen LogP contribution in [0.3, 0.4) is 0 Å². The van der Waals surface area contributed by atoms with Crippen molar-refractivity contribution in [3.63, 3.8) is 0 Å². The molecule has 0 saturated heterocycles. The maximum atomic E-state index is 11.3. The maximum absolute atomic E-state index is 11.3. The van der Waals surface area contributed by atoms with E-state index in [1.807, 2.05) is 0 Å². The van der Waals surface area contributed by atoms with Crippen LogP contribution in [0.1, 0.15) is 19.3 Å². The molecule has 2 aliphatic rings. The first kappa shape index (κ1) is 15.3. The van der Waals surface area contributed by atoms with Gasteiger partial charge in [-0.25, -0.2) is 21.8 Å². The molecule has 0 spiro atoms. The zero-order valence-electron chi connectivity index (χ0n) is 11.2. The van der Waals surface area contributed by atoms with Crippen LogP contribution in [-0.2, 0) is 24.8 Å². The molecule has 1 unspecified atom stereocenters. The highest BCUT2D eigenvalue weighted by Gasteiger charge is 2.28. The fourth-order valence-corrected chi connectivity index (χ4v) is 2.82. The number of hydrogen-bond acceptors (Lipinski definition) is 6. The Morgan fingerprint density at radius 3 is 2.35 bits per heavy atom. The number of hydrogen-bond donors (Lipinski definition) is 2. The second-order valence-corrected chi connectivity index (χ2v) is 8.45. The molecule has 0 aromatic rings. The molecule has 0 aromatic carbocycles. The number of sulfonamides is 2. The number of nitrogens with one attached hydrogen (secondary N) is 2. The summed E-state index contributed by atoms with van der Waals surface area (Å²) in [6, 6.07) is 0. The van der Waals surface area contributed by atoms with Crippen LogP contribution < -0.4 is 9.44 Å². The Bertz CT molecular complexity index is 646. The minimum atomic E-state index is -3.49. The molecule has 0 amide bonds. The standard InChI is InChI=1S/C10H17N3O5S2/c1-19(14,15)12-9-5-8(18-7-3-4-7)6-10(11-9)13-20(2,16)17/h5,7,10,13H,3-4,6H2,1-2H3,(H,11,12). The van der Waals surface area contributed by atoms with E-state index in [0.717, 1.165) is 25.4 Å². The van der Waals surface area contributed by atoms with Crippen molar-refractivity contribution in [3.8, 4) is 0 Å². The van der Waals surface area contributed by atoms with Crippen LogP contribution in [0.25, 0.3) is 0 Å². The van der Waals surface area contributed by atoms with E-state index in [9.17, 15) is 16.8 Å². The van der Waals surface area contributed by atoms with Crippen molar-refractivity contribution in [2.24, 2.45) is 4.99 Å². The van der Waals surface area contributed by atoms with Gasteiger partial charge >= 0.3 is 0 Å². The van der Waals surface area contributed by atoms with E-state index in [1.54, 1.807) is 0 Å². The van der Waals surface area contributed by atoms with Crippen molar-refractivity contribution in [1.82, 2.24) is 9.44 Å². The summed E-state index contributed by atoms with van der Waals surface area (Å²) in [5, 5.41) is 0. The molecule has 10 heteroatoms. The quantitative estimate of drug-likeness (QED) is 0.693. The van der Waals surface area contributed by atoms with Crippen LogP contribution in [0.5, 0.6) is 0 Å². The predicted octanol–water partition coefficient (Wildman–Crippen LogP) is -0.724. The number of amidine groups is 1.